The second-order valence-electron chi connectivity index (χ2n) is 6.56. The Labute approximate surface area is 157 Å². The quantitative estimate of drug-likeness (QED) is 0.573. The maximum absolute atomic E-state index is 11.0. The second-order valence-corrected chi connectivity index (χ2v) is 6.56. The number of anilines is 2. The molecule has 1 aromatic heterocycles. The van der Waals surface area contributed by atoms with Gasteiger partial charge in [0.05, 0.1) is 5.69 Å². The molecule has 0 aliphatic carbocycles. The van der Waals surface area contributed by atoms with Gasteiger partial charge in [0.1, 0.15) is 0 Å². The van der Waals surface area contributed by atoms with E-state index in [9.17, 15) is 9.59 Å². The van der Waals surface area contributed by atoms with Gasteiger partial charge in [0.2, 0.25) is 5.95 Å². The summed E-state index contributed by atoms with van der Waals surface area (Å²) in [5, 5.41) is 17.9. The maximum Gasteiger partial charge on any atom is 0.318 e. The molecule has 3 rings (SSSR count). The first-order valence-corrected chi connectivity index (χ1v) is 8.76. The van der Waals surface area contributed by atoms with Gasteiger partial charge in [-0.15, -0.1) is 0 Å². The average Bonchev–Trinajstić information content (AvgIpc) is 2.99. The summed E-state index contributed by atoms with van der Waals surface area (Å²) in [5.41, 5.74) is 3.37. The highest BCUT2D eigenvalue weighted by Crippen LogP contribution is 2.41. The Morgan fingerprint density at radius 3 is 2.56 bits per heavy atom. The van der Waals surface area contributed by atoms with Crippen molar-refractivity contribution in [3.8, 4) is 0 Å². The molecule has 2 heterocycles. The van der Waals surface area contributed by atoms with Crippen LogP contribution in [0.1, 0.15) is 30.4 Å². The Morgan fingerprint density at radius 2 is 1.89 bits per heavy atom. The molecule has 1 aliphatic heterocycles. The van der Waals surface area contributed by atoms with Gasteiger partial charge in [-0.25, -0.2) is 9.97 Å². The van der Waals surface area contributed by atoms with Gasteiger partial charge < -0.3 is 15.1 Å². The summed E-state index contributed by atoms with van der Waals surface area (Å²) in [5.74, 6) is -3.08. The molecule has 1 aromatic carbocycles. The predicted octanol–water partition coefficient (Wildman–Crippen LogP) is 3.01. The van der Waals surface area contributed by atoms with Crippen LogP contribution in [-0.2, 0) is 16.0 Å². The molecule has 2 aromatic rings. The number of carbonyl (C=O) groups is 2. The van der Waals surface area contributed by atoms with Crippen molar-refractivity contribution in [2.45, 2.75) is 25.7 Å². The Hall–Kier alpha value is -3.22. The van der Waals surface area contributed by atoms with Crippen LogP contribution < -0.4 is 4.90 Å². The van der Waals surface area contributed by atoms with Crippen molar-refractivity contribution in [3.63, 3.8) is 0 Å². The highest BCUT2D eigenvalue weighted by atomic mass is 16.4. The molecule has 1 atom stereocenters. The van der Waals surface area contributed by atoms with Gasteiger partial charge in [-0.1, -0.05) is 37.3 Å². The van der Waals surface area contributed by atoms with Crippen LogP contribution >= 0.6 is 0 Å². The maximum atomic E-state index is 11.0. The van der Waals surface area contributed by atoms with E-state index in [1.807, 2.05) is 18.2 Å². The molecule has 0 radical (unpaired) electrons. The number of para-hydroxylation sites is 1. The summed E-state index contributed by atoms with van der Waals surface area (Å²) >= 11 is 0. The number of aliphatic carboxylic acids is 2. The first kappa shape index (κ1) is 18.6. The lowest BCUT2D eigenvalue weighted by molar-refractivity contribution is -0.154. The van der Waals surface area contributed by atoms with Crippen LogP contribution in [0.3, 0.4) is 0 Å². The summed E-state index contributed by atoms with van der Waals surface area (Å²) < 4.78 is 0. The molecule has 27 heavy (non-hydrogen) atoms. The zero-order chi connectivity index (χ0) is 19.4. The fraction of sp³-hybridized carbons (Fsp3) is 0.300. The lowest BCUT2D eigenvalue weighted by Crippen LogP contribution is -2.22. The molecule has 1 unspecified atom stereocenters. The van der Waals surface area contributed by atoms with Crippen LogP contribution in [-0.4, -0.2) is 38.7 Å². The van der Waals surface area contributed by atoms with Crippen molar-refractivity contribution in [1.82, 2.24) is 9.97 Å². The van der Waals surface area contributed by atoms with Gasteiger partial charge >= 0.3 is 11.9 Å². The molecule has 1 aliphatic rings. The Balaban J connectivity index is 1.81. The first-order chi connectivity index (χ1) is 13.0. The van der Waals surface area contributed by atoms with E-state index in [1.54, 1.807) is 24.5 Å². The van der Waals surface area contributed by atoms with Crippen LogP contribution in [0.5, 0.6) is 0 Å². The first-order valence-electron chi connectivity index (χ1n) is 8.76. The van der Waals surface area contributed by atoms with E-state index in [4.69, 9.17) is 10.2 Å². The van der Waals surface area contributed by atoms with Crippen molar-refractivity contribution in [2.24, 2.45) is 5.92 Å². The number of rotatable bonds is 7. The third kappa shape index (κ3) is 3.97. The van der Waals surface area contributed by atoms with Crippen molar-refractivity contribution < 1.29 is 19.8 Å². The van der Waals surface area contributed by atoms with Gasteiger partial charge in [-0.2, -0.15) is 0 Å². The van der Waals surface area contributed by atoms with Crippen molar-refractivity contribution in [2.75, 3.05) is 11.4 Å². The van der Waals surface area contributed by atoms with E-state index in [0.29, 0.717) is 18.3 Å². The van der Waals surface area contributed by atoms with Crippen LogP contribution in [0.2, 0.25) is 0 Å². The molecular weight excluding hydrogens is 346 g/mol. The highest BCUT2D eigenvalue weighted by Gasteiger charge is 2.30. The molecule has 0 saturated heterocycles. The summed E-state index contributed by atoms with van der Waals surface area (Å²) in [6, 6.07) is 7.90. The standard InChI is InChI=1S/C20H21N3O4/c1-13-12-23(20-21-10-5-11-22-20)17-14(7-4-9-15(13)17)6-2-3-8-16(18(24)25)19(26)27/h2-5,7,9-11,13,16H,6,8,12H2,1H3,(H,24,25)(H,26,27)/b3-2+. The highest BCUT2D eigenvalue weighted by molar-refractivity contribution is 5.93. The molecular formula is C20H21N3O4. The molecule has 0 spiro atoms. The molecule has 2 N–H and O–H groups in total. The summed E-state index contributed by atoms with van der Waals surface area (Å²) in [6.45, 7) is 2.95. The number of allylic oxidation sites excluding steroid dienone is 2. The summed E-state index contributed by atoms with van der Waals surface area (Å²) in [6.07, 6.45) is 7.40. The average molecular weight is 367 g/mol. The number of aromatic nitrogens is 2. The fourth-order valence-corrected chi connectivity index (χ4v) is 3.33. The Kier molecular flexibility index (Phi) is 5.49. The number of carboxylic acids is 2. The van der Waals surface area contributed by atoms with Crippen LogP contribution in [0.25, 0.3) is 0 Å². The number of carboxylic acid groups (broad SMARTS) is 2. The van der Waals surface area contributed by atoms with Gasteiger partial charge in [-0.3, -0.25) is 9.59 Å². The van der Waals surface area contributed by atoms with Crippen molar-refractivity contribution >= 4 is 23.6 Å². The van der Waals surface area contributed by atoms with E-state index >= 15 is 0 Å². The Morgan fingerprint density at radius 1 is 1.19 bits per heavy atom. The molecule has 7 heteroatoms. The topological polar surface area (TPSA) is 104 Å². The SMILES string of the molecule is CC1CN(c2ncccn2)c2c(C/C=C/CC(C(=O)O)C(=O)O)cccc21. The van der Waals surface area contributed by atoms with E-state index in [2.05, 4.69) is 27.9 Å². The van der Waals surface area contributed by atoms with Gasteiger partial charge in [0.25, 0.3) is 0 Å². The zero-order valence-corrected chi connectivity index (χ0v) is 14.9. The lowest BCUT2D eigenvalue weighted by atomic mass is 9.99. The number of hydrogen-bond acceptors (Lipinski definition) is 5. The molecule has 0 fully saturated rings. The smallest absolute Gasteiger partial charge is 0.318 e. The monoisotopic (exact) mass is 367 g/mol. The minimum atomic E-state index is -1.42. The van der Waals surface area contributed by atoms with Gasteiger partial charge in [-0.05, 0) is 30.0 Å². The normalized spacial score (nSPS) is 16.1. The number of fused-ring (bicyclic) bond motifs is 1. The second kappa shape index (κ2) is 7.99. The number of nitrogens with zero attached hydrogens (tertiary/aromatic N) is 3. The Bertz CT molecular complexity index is 853. The number of hydrogen-bond donors (Lipinski definition) is 2. The van der Waals surface area contributed by atoms with Crippen molar-refractivity contribution in [1.29, 1.82) is 0 Å². The van der Waals surface area contributed by atoms with E-state index in [1.165, 1.54) is 5.56 Å². The van der Waals surface area contributed by atoms with E-state index < -0.39 is 17.9 Å². The number of benzene rings is 1. The van der Waals surface area contributed by atoms with Crippen molar-refractivity contribution in [3.05, 3.63) is 59.9 Å². The minimum Gasteiger partial charge on any atom is -0.481 e. The van der Waals surface area contributed by atoms with Gasteiger partial charge in [0, 0.05) is 24.9 Å². The van der Waals surface area contributed by atoms with Crippen LogP contribution in [0.4, 0.5) is 11.6 Å². The lowest BCUT2D eigenvalue weighted by Gasteiger charge is -2.19. The fourth-order valence-electron chi connectivity index (χ4n) is 3.33. The van der Waals surface area contributed by atoms with Crippen LogP contribution in [0, 0.1) is 5.92 Å². The summed E-state index contributed by atoms with van der Waals surface area (Å²) in [4.78, 5) is 32.7. The predicted molar refractivity (Wildman–Crippen MR) is 100 cm³/mol. The minimum absolute atomic E-state index is 0.0401. The van der Waals surface area contributed by atoms with Gasteiger partial charge in [0.15, 0.2) is 5.92 Å². The zero-order valence-electron chi connectivity index (χ0n) is 14.9. The van der Waals surface area contributed by atoms with E-state index in [-0.39, 0.29) is 6.42 Å². The van der Waals surface area contributed by atoms with Crippen LogP contribution in [0.15, 0.2) is 48.8 Å². The molecule has 0 saturated carbocycles. The molecule has 0 amide bonds. The molecule has 7 nitrogen and oxygen atoms in total. The molecule has 0 bridgehead atoms. The van der Waals surface area contributed by atoms with E-state index in [0.717, 1.165) is 17.8 Å². The largest absolute Gasteiger partial charge is 0.481 e. The summed E-state index contributed by atoms with van der Waals surface area (Å²) in [7, 11) is 0. The third-order valence-corrected chi connectivity index (χ3v) is 4.67. The third-order valence-electron chi connectivity index (χ3n) is 4.67. The molecule has 140 valence electrons.